The van der Waals surface area contributed by atoms with Crippen molar-refractivity contribution in [1.29, 1.82) is 0 Å². The summed E-state index contributed by atoms with van der Waals surface area (Å²) in [5, 5.41) is 5.57. The third kappa shape index (κ3) is 2.28. The normalized spacial score (nSPS) is 15.1. The summed E-state index contributed by atoms with van der Waals surface area (Å²) in [6.07, 6.45) is 1.36. The summed E-state index contributed by atoms with van der Waals surface area (Å²) in [5.41, 5.74) is 1.66. The number of carbonyl (C=O) groups is 2. The molecule has 0 bridgehead atoms. The maximum atomic E-state index is 12.1. The molecule has 2 aromatic rings. The molecule has 6 nitrogen and oxygen atoms in total. The number of hydrogen-bond acceptors (Lipinski definition) is 3. The number of amides is 2. The van der Waals surface area contributed by atoms with Crippen LogP contribution < -0.4 is 16.2 Å². The third-order valence-corrected chi connectivity index (χ3v) is 3.81. The molecule has 1 aliphatic rings. The van der Waals surface area contributed by atoms with Gasteiger partial charge in [0, 0.05) is 23.6 Å². The first-order valence-electron chi connectivity index (χ1n) is 6.84. The summed E-state index contributed by atoms with van der Waals surface area (Å²) >= 11 is 0. The summed E-state index contributed by atoms with van der Waals surface area (Å²) in [6, 6.07) is 8.03. The van der Waals surface area contributed by atoms with Gasteiger partial charge in [0.25, 0.3) is 5.91 Å². The zero-order valence-electron chi connectivity index (χ0n) is 12.2. The molecule has 0 saturated heterocycles. The van der Waals surface area contributed by atoms with Crippen LogP contribution in [0.5, 0.6) is 0 Å². The largest absolute Gasteiger partial charge is 0.328 e. The molecule has 0 atom stereocenters. The van der Waals surface area contributed by atoms with Crippen molar-refractivity contribution in [2.24, 2.45) is 0 Å². The van der Waals surface area contributed by atoms with Crippen molar-refractivity contribution < 1.29 is 9.59 Å². The van der Waals surface area contributed by atoms with Crippen LogP contribution in [0.15, 0.2) is 41.3 Å². The van der Waals surface area contributed by atoms with Crippen molar-refractivity contribution in [3.63, 3.8) is 0 Å². The van der Waals surface area contributed by atoms with Crippen molar-refractivity contribution in [2.75, 3.05) is 10.6 Å². The number of carbonyl (C=O) groups excluding carboxylic acids is 2. The lowest BCUT2D eigenvalue weighted by Crippen LogP contribution is -2.26. The Morgan fingerprint density at radius 1 is 1.14 bits per heavy atom. The van der Waals surface area contributed by atoms with Crippen LogP contribution in [-0.2, 0) is 10.2 Å². The molecule has 0 saturated carbocycles. The molecule has 0 spiro atoms. The number of fused-ring (bicyclic) bond motifs is 1. The lowest BCUT2D eigenvalue weighted by molar-refractivity contribution is -0.119. The van der Waals surface area contributed by atoms with Gasteiger partial charge in [-0.05, 0) is 43.7 Å². The molecule has 2 heterocycles. The average molecular weight is 297 g/mol. The Kier molecular flexibility index (Phi) is 3.09. The topological polar surface area (TPSA) is 91.1 Å². The lowest BCUT2D eigenvalue weighted by Gasteiger charge is -2.16. The van der Waals surface area contributed by atoms with E-state index in [1.165, 1.54) is 18.3 Å². The van der Waals surface area contributed by atoms with Gasteiger partial charge in [-0.1, -0.05) is 0 Å². The summed E-state index contributed by atoms with van der Waals surface area (Å²) in [6.45, 7) is 3.67. The van der Waals surface area contributed by atoms with Crippen LogP contribution in [-0.4, -0.2) is 16.8 Å². The van der Waals surface area contributed by atoms with Crippen molar-refractivity contribution in [3.8, 4) is 0 Å². The van der Waals surface area contributed by atoms with Crippen molar-refractivity contribution in [3.05, 3.63) is 58.0 Å². The fourth-order valence-electron chi connectivity index (χ4n) is 2.40. The minimum atomic E-state index is -0.631. The van der Waals surface area contributed by atoms with Gasteiger partial charge in [0.1, 0.15) is 0 Å². The zero-order valence-corrected chi connectivity index (χ0v) is 12.2. The highest BCUT2D eigenvalue weighted by molar-refractivity contribution is 6.07. The first-order chi connectivity index (χ1) is 10.4. The maximum Gasteiger partial charge on any atom is 0.257 e. The van der Waals surface area contributed by atoms with Gasteiger partial charge in [0.15, 0.2) is 0 Å². The standard InChI is InChI=1S/C16H15N3O3/c1-16(2)11-7-10(4-5-12(11)19-15(16)22)18-14(21)9-3-6-13(20)17-8-9/h3-8H,1-2H3,(H,17,20)(H,18,21)(H,19,22). The van der Waals surface area contributed by atoms with Gasteiger partial charge in [-0.25, -0.2) is 0 Å². The Labute approximate surface area is 126 Å². The molecule has 2 amide bonds. The van der Waals surface area contributed by atoms with Crippen LogP contribution in [0.2, 0.25) is 0 Å². The SMILES string of the molecule is CC1(C)C(=O)Nc2ccc(NC(=O)c3ccc(=O)[nH]c3)cc21. The van der Waals surface area contributed by atoms with Gasteiger partial charge in [-0.3, -0.25) is 14.4 Å². The van der Waals surface area contributed by atoms with Crippen molar-refractivity contribution in [2.45, 2.75) is 19.3 Å². The number of pyridine rings is 1. The van der Waals surface area contributed by atoms with E-state index in [-0.39, 0.29) is 17.4 Å². The predicted octanol–water partition coefficient (Wildman–Crippen LogP) is 1.86. The smallest absolute Gasteiger partial charge is 0.257 e. The first kappa shape index (κ1) is 14.1. The number of rotatable bonds is 2. The number of aromatic amines is 1. The second-order valence-corrected chi connectivity index (χ2v) is 5.74. The minimum Gasteiger partial charge on any atom is -0.328 e. The molecule has 0 fully saturated rings. The van der Waals surface area contributed by atoms with E-state index in [0.29, 0.717) is 11.3 Å². The van der Waals surface area contributed by atoms with E-state index in [9.17, 15) is 14.4 Å². The van der Waals surface area contributed by atoms with Gasteiger partial charge in [0.2, 0.25) is 11.5 Å². The maximum absolute atomic E-state index is 12.1. The van der Waals surface area contributed by atoms with E-state index >= 15 is 0 Å². The van der Waals surface area contributed by atoms with Crippen molar-refractivity contribution >= 4 is 23.2 Å². The van der Waals surface area contributed by atoms with Crippen LogP contribution >= 0.6 is 0 Å². The Balaban J connectivity index is 1.87. The molecule has 1 aliphatic heterocycles. The summed E-state index contributed by atoms with van der Waals surface area (Å²) in [4.78, 5) is 37.5. The van der Waals surface area contributed by atoms with Crippen LogP contribution in [0.25, 0.3) is 0 Å². The highest BCUT2D eigenvalue weighted by Gasteiger charge is 2.38. The van der Waals surface area contributed by atoms with Gasteiger partial charge >= 0.3 is 0 Å². The predicted molar refractivity (Wildman–Crippen MR) is 83.1 cm³/mol. The molecule has 112 valence electrons. The number of nitrogens with one attached hydrogen (secondary N) is 3. The van der Waals surface area contributed by atoms with E-state index in [2.05, 4.69) is 15.6 Å². The van der Waals surface area contributed by atoms with Crippen molar-refractivity contribution in [1.82, 2.24) is 4.98 Å². The van der Waals surface area contributed by atoms with E-state index < -0.39 is 5.41 Å². The fraction of sp³-hybridized carbons (Fsp3) is 0.188. The Morgan fingerprint density at radius 2 is 1.91 bits per heavy atom. The molecule has 3 rings (SSSR count). The quantitative estimate of drug-likeness (QED) is 0.790. The summed E-state index contributed by atoms with van der Waals surface area (Å²) in [7, 11) is 0. The zero-order chi connectivity index (χ0) is 15.9. The Bertz CT molecular complexity index is 816. The molecule has 22 heavy (non-hydrogen) atoms. The Hall–Kier alpha value is -2.89. The lowest BCUT2D eigenvalue weighted by atomic mass is 9.86. The van der Waals surface area contributed by atoms with E-state index in [1.807, 2.05) is 13.8 Å². The summed E-state index contributed by atoms with van der Waals surface area (Å²) in [5.74, 6) is -0.391. The molecule has 6 heteroatoms. The highest BCUT2D eigenvalue weighted by Crippen LogP contribution is 2.38. The number of anilines is 2. The fourth-order valence-corrected chi connectivity index (χ4v) is 2.40. The second-order valence-electron chi connectivity index (χ2n) is 5.74. The monoisotopic (exact) mass is 297 g/mol. The van der Waals surface area contributed by atoms with Crippen LogP contribution in [0.3, 0.4) is 0 Å². The molecule has 1 aromatic carbocycles. The number of hydrogen-bond donors (Lipinski definition) is 3. The number of benzene rings is 1. The van der Waals surface area contributed by atoms with E-state index in [4.69, 9.17) is 0 Å². The molecule has 3 N–H and O–H groups in total. The molecular weight excluding hydrogens is 282 g/mol. The van der Waals surface area contributed by atoms with Gasteiger partial charge in [-0.2, -0.15) is 0 Å². The highest BCUT2D eigenvalue weighted by atomic mass is 16.2. The van der Waals surface area contributed by atoms with E-state index in [0.717, 1.165) is 11.3 Å². The molecule has 1 aromatic heterocycles. The number of aromatic nitrogens is 1. The first-order valence-corrected chi connectivity index (χ1v) is 6.84. The summed E-state index contributed by atoms with van der Waals surface area (Å²) < 4.78 is 0. The molecule has 0 aliphatic carbocycles. The van der Waals surface area contributed by atoms with Gasteiger partial charge in [-0.15, -0.1) is 0 Å². The van der Waals surface area contributed by atoms with Crippen LogP contribution in [0.4, 0.5) is 11.4 Å². The van der Waals surface area contributed by atoms with Crippen LogP contribution in [0, 0.1) is 0 Å². The molecular formula is C16H15N3O3. The van der Waals surface area contributed by atoms with Gasteiger partial charge in [0.05, 0.1) is 11.0 Å². The van der Waals surface area contributed by atoms with Gasteiger partial charge < -0.3 is 15.6 Å². The second kappa shape index (κ2) is 4.84. The van der Waals surface area contributed by atoms with Crippen LogP contribution in [0.1, 0.15) is 29.8 Å². The minimum absolute atomic E-state index is 0.0633. The Morgan fingerprint density at radius 3 is 2.59 bits per heavy atom. The van der Waals surface area contributed by atoms with E-state index in [1.54, 1.807) is 18.2 Å². The average Bonchev–Trinajstić information content (AvgIpc) is 2.70. The number of H-pyrrole nitrogens is 1. The molecule has 0 unspecified atom stereocenters. The third-order valence-electron chi connectivity index (χ3n) is 3.81. The molecule has 0 radical (unpaired) electrons.